The van der Waals surface area contributed by atoms with Crippen LogP contribution in [0.1, 0.15) is 10.4 Å². The summed E-state index contributed by atoms with van der Waals surface area (Å²) in [4.78, 5) is 14.3. The molecule has 0 fully saturated rings. The van der Waals surface area contributed by atoms with E-state index in [4.69, 9.17) is 0 Å². The third-order valence-electron chi connectivity index (χ3n) is 3.20. The highest BCUT2D eigenvalue weighted by Crippen LogP contribution is 2.20. The van der Waals surface area contributed by atoms with Crippen LogP contribution in [0.4, 0.5) is 0 Å². The van der Waals surface area contributed by atoms with Crippen LogP contribution in [0.2, 0.25) is 0 Å². The molecule has 2 heterocycles. The summed E-state index contributed by atoms with van der Waals surface area (Å²) in [7, 11) is -1.91. The minimum atomic E-state index is -3.74. The first kappa shape index (κ1) is 14.8. The average Bonchev–Trinajstić information content (AvgIpc) is 3.14. The smallest absolute Gasteiger partial charge is 0.268 e. The van der Waals surface area contributed by atoms with E-state index in [2.05, 4.69) is 10.3 Å². The van der Waals surface area contributed by atoms with Gasteiger partial charge in [0.1, 0.15) is 4.21 Å². The van der Waals surface area contributed by atoms with E-state index in [1.165, 1.54) is 6.07 Å². The van der Waals surface area contributed by atoms with Crippen LogP contribution >= 0.6 is 11.3 Å². The molecule has 114 valence electrons. The number of hydrogen-bond acceptors (Lipinski definition) is 4. The molecule has 0 saturated carbocycles. The maximum absolute atomic E-state index is 12.2. The minimum Gasteiger partial charge on any atom is -0.350 e. The van der Waals surface area contributed by atoms with Crippen LogP contribution in [0.25, 0.3) is 10.9 Å². The van der Waals surface area contributed by atoms with E-state index in [-0.39, 0.29) is 4.21 Å². The van der Waals surface area contributed by atoms with E-state index >= 15 is 0 Å². The molecule has 2 N–H and O–H groups in total. The maximum Gasteiger partial charge on any atom is 0.268 e. The topological polar surface area (TPSA) is 80.2 Å². The van der Waals surface area contributed by atoms with Gasteiger partial charge in [0.05, 0.1) is 5.56 Å². The number of benzene rings is 1. The second-order valence-corrected chi connectivity index (χ2v) is 7.52. The van der Waals surface area contributed by atoms with Crippen molar-refractivity contribution in [1.29, 1.82) is 0 Å². The van der Waals surface area contributed by atoms with Crippen molar-refractivity contribution < 1.29 is 13.2 Å². The van der Waals surface area contributed by atoms with Gasteiger partial charge in [-0.2, -0.15) is 0 Å². The fourth-order valence-electron chi connectivity index (χ4n) is 2.17. The number of sulfonamides is 1. The third kappa shape index (κ3) is 2.63. The highest BCUT2D eigenvalue weighted by molar-refractivity contribution is 7.91. The third-order valence-corrected chi connectivity index (χ3v) is 5.85. The van der Waals surface area contributed by atoms with E-state index in [1.807, 2.05) is 35.9 Å². The quantitative estimate of drug-likeness (QED) is 0.714. The zero-order valence-electron chi connectivity index (χ0n) is 11.6. The molecule has 1 aromatic carbocycles. The van der Waals surface area contributed by atoms with Gasteiger partial charge in [-0.3, -0.25) is 10.2 Å². The molecule has 2 aromatic heterocycles. The van der Waals surface area contributed by atoms with Crippen LogP contribution in [-0.4, -0.2) is 18.9 Å². The van der Waals surface area contributed by atoms with Gasteiger partial charge in [0.15, 0.2) is 0 Å². The number of nitrogens with zero attached hydrogens (tertiary/aromatic N) is 1. The van der Waals surface area contributed by atoms with Crippen molar-refractivity contribution in [2.75, 3.05) is 0 Å². The Labute approximate surface area is 131 Å². The van der Waals surface area contributed by atoms with Crippen LogP contribution in [0.5, 0.6) is 0 Å². The number of para-hydroxylation sites is 1. The van der Waals surface area contributed by atoms with Crippen molar-refractivity contribution in [1.82, 2.24) is 14.8 Å². The van der Waals surface area contributed by atoms with Crippen molar-refractivity contribution >= 4 is 38.2 Å². The van der Waals surface area contributed by atoms with Crippen molar-refractivity contribution in [2.45, 2.75) is 4.21 Å². The average molecular weight is 335 g/mol. The van der Waals surface area contributed by atoms with Crippen LogP contribution in [0.15, 0.2) is 52.2 Å². The molecule has 3 aromatic rings. The number of hydrazine groups is 1. The van der Waals surface area contributed by atoms with Crippen molar-refractivity contribution in [3.05, 3.63) is 53.5 Å². The summed E-state index contributed by atoms with van der Waals surface area (Å²) in [5, 5.41) is 2.42. The summed E-state index contributed by atoms with van der Waals surface area (Å²) in [6.07, 6.45) is 1.67. The molecule has 0 aliphatic carbocycles. The molecule has 0 radical (unpaired) electrons. The molecule has 0 atom stereocenters. The van der Waals surface area contributed by atoms with Crippen molar-refractivity contribution in [3.63, 3.8) is 0 Å². The lowest BCUT2D eigenvalue weighted by Gasteiger charge is -2.06. The van der Waals surface area contributed by atoms with Gasteiger partial charge in [-0.25, -0.2) is 8.42 Å². The first-order valence-corrected chi connectivity index (χ1v) is 8.75. The minimum absolute atomic E-state index is 0.144. The Kier molecular flexibility index (Phi) is 3.73. The Morgan fingerprint density at radius 3 is 2.68 bits per heavy atom. The van der Waals surface area contributed by atoms with Gasteiger partial charge in [0, 0.05) is 24.1 Å². The number of aromatic nitrogens is 1. The zero-order valence-corrected chi connectivity index (χ0v) is 13.2. The number of thiophene rings is 1. The molecule has 0 spiro atoms. The molecule has 0 aliphatic heterocycles. The molecule has 0 aliphatic rings. The van der Waals surface area contributed by atoms with E-state index in [0.29, 0.717) is 5.56 Å². The van der Waals surface area contributed by atoms with Gasteiger partial charge in [-0.15, -0.1) is 16.2 Å². The van der Waals surface area contributed by atoms with Crippen LogP contribution in [0.3, 0.4) is 0 Å². The van der Waals surface area contributed by atoms with Crippen LogP contribution in [-0.2, 0) is 17.1 Å². The number of amides is 1. The normalized spacial score (nSPS) is 11.7. The Bertz CT molecular complexity index is 928. The number of rotatable bonds is 4. The number of fused-ring (bicyclic) bond motifs is 1. The molecule has 3 rings (SSSR count). The Morgan fingerprint density at radius 1 is 1.18 bits per heavy atom. The molecule has 0 saturated heterocycles. The molecular weight excluding hydrogens is 322 g/mol. The lowest BCUT2D eigenvalue weighted by molar-refractivity contribution is 0.0946. The highest BCUT2D eigenvalue weighted by atomic mass is 32.2. The van der Waals surface area contributed by atoms with Gasteiger partial charge in [0.2, 0.25) is 0 Å². The fourth-order valence-corrected chi connectivity index (χ4v) is 4.00. The summed E-state index contributed by atoms with van der Waals surface area (Å²) < 4.78 is 25.9. The van der Waals surface area contributed by atoms with Gasteiger partial charge in [-0.1, -0.05) is 24.3 Å². The number of hydrogen-bond donors (Lipinski definition) is 2. The Balaban J connectivity index is 1.83. The number of carbonyl (C=O) groups excluding carboxylic acids is 1. The summed E-state index contributed by atoms with van der Waals surface area (Å²) in [6, 6.07) is 10.5. The van der Waals surface area contributed by atoms with Crippen molar-refractivity contribution in [3.8, 4) is 0 Å². The summed E-state index contributed by atoms with van der Waals surface area (Å²) in [5.74, 6) is -0.503. The van der Waals surface area contributed by atoms with E-state index in [0.717, 1.165) is 22.2 Å². The first-order valence-electron chi connectivity index (χ1n) is 6.39. The summed E-state index contributed by atoms with van der Waals surface area (Å²) in [5.41, 5.74) is 3.56. The Morgan fingerprint density at radius 2 is 1.95 bits per heavy atom. The molecule has 22 heavy (non-hydrogen) atoms. The highest BCUT2D eigenvalue weighted by Gasteiger charge is 2.18. The van der Waals surface area contributed by atoms with Crippen LogP contribution in [0, 0.1) is 0 Å². The van der Waals surface area contributed by atoms with Crippen LogP contribution < -0.4 is 10.3 Å². The first-order chi connectivity index (χ1) is 10.5. The monoisotopic (exact) mass is 335 g/mol. The molecular formula is C14H13N3O3S2. The SMILES string of the molecule is Cn1cc(C(=O)NNS(=O)(=O)c2cccs2)c2ccccc21. The fraction of sp³-hybridized carbons (Fsp3) is 0.0714. The largest absolute Gasteiger partial charge is 0.350 e. The van der Waals surface area contributed by atoms with Gasteiger partial charge < -0.3 is 4.57 Å². The second kappa shape index (κ2) is 5.56. The van der Waals surface area contributed by atoms with Gasteiger partial charge in [0.25, 0.3) is 15.9 Å². The van der Waals surface area contributed by atoms with Gasteiger partial charge in [-0.05, 0) is 17.5 Å². The number of aryl methyl sites for hydroxylation is 1. The maximum atomic E-state index is 12.2. The molecule has 8 heteroatoms. The van der Waals surface area contributed by atoms with E-state index < -0.39 is 15.9 Å². The lowest BCUT2D eigenvalue weighted by Crippen LogP contribution is -2.41. The summed E-state index contributed by atoms with van der Waals surface area (Å²) >= 11 is 1.08. The predicted octanol–water partition coefficient (Wildman–Crippen LogP) is 1.86. The molecule has 0 bridgehead atoms. The Hall–Kier alpha value is -2.16. The summed E-state index contributed by atoms with van der Waals surface area (Å²) in [6.45, 7) is 0. The van der Waals surface area contributed by atoms with Gasteiger partial charge >= 0.3 is 0 Å². The molecule has 6 nitrogen and oxygen atoms in total. The van der Waals surface area contributed by atoms with Crippen molar-refractivity contribution in [2.24, 2.45) is 7.05 Å². The lowest BCUT2D eigenvalue weighted by atomic mass is 10.2. The van der Waals surface area contributed by atoms with E-state index in [1.54, 1.807) is 17.6 Å². The molecule has 0 unspecified atom stereocenters. The second-order valence-electron chi connectivity index (χ2n) is 4.66. The van der Waals surface area contributed by atoms with E-state index in [9.17, 15) is 13.2 Å². The zero-order chi connectivity index (χ0) is 15.7. The standard InChI is InChI=1S/C14H13N3O3S2/c1-17-9-11(10-5-2-3-6-12(10)17)14(18)15-16-22(19,20)13-7-4-8-21-13/h2-9,16H,1H3,(H,15,18). The number of nitrogens with one attached hydrogen (secondary N) is 2. The predicted molar refractivity (Wildman–Crippen MR) is 85.0 cm³/mol. The molecule has 1 amide bonds. The number of carbonyl (C=O) groups is 1.